The zero-order valence-corrected chi connectivity index (χ0v) is 10.8. The molecule has 0 bridgehead atoms. The molecule has 0 saturated heterocycles. The molecule has 0 unspecified atom stereocenters. The monoisotopic (exact) mass is 277 g/mol. The number of hydrogen-bond acceptors (Lipinski definition) is 2. The highest BCUT2D eigenvalue weighted by Crippen LogP contribution is 2.15. The van der Waals surface area contributed by atoms with Gasteiger partial charge in [-0.05, 0) is 31.2 Å². The number of benzene rings is 2. The van der Waals surface area contributed by atoms with Crippen molar-refractivity contribution < 1.29 is 18.3 Å². The van der Waals surface area contributed by atoms with E-state index in [9.17, 15) is 13.6 Å². The Bertz CT molecular complexity index is 602. The van der Waals surface area contributed by atoms with Crippen molar-refractivity contribution in [2.75, 3.05) is 5.32 Å². The summed E-state index contributed by atoms with van der Waals surface area (Å²) in [7, 11) is 0. The van der Waals surface area contributed by atoms with Gasteiger partial charge in [0.15, 0.2) is 17.7 Å². The standard InChI is InChI=1S/C15H13F2NO2/c1-10(20-12-5-3-2-4-6-12)15(19)18-11-7-8-13(16)14(17)9-11/h2-10H,1H3,(H,18,19)/t10-/m1/s1. The van der Waals surface area contributed by atoms with Crippen LogP contribution >= 0.6 is 0 Å². The molecule has 0 fully saturated rings. The zero-order chi connectivity index (χ0) is 14.5. The molecule has 2 aromatic rings. The maximum atomic E-state index is 13.0. The molecule has 5 heteroatoms. The summed E-state index contributed by atoms with van der Waals surface area (Å²) in [5.74, 6) is -1.86. The fourth-order valence-electron chi connectivity index (χ4n) is 1.57. The molecule has 2 aromatic carbocycles. The van der Waals surface area contributed by atoms with Crippen LogP contribution in [0.3, 0.4) is 0 Å². The Balaban J connectivity index is 1.99. The second-order valence-corrected chi connectivity index (χ2v) is 4.19. The highest BCUT2D eigenvalue weighted by molar-refractivity contribution is 5.94. The van der Waals surface area contributed by atoms with Crippen molar-refractivity contribution in [1.29, 1.82) is 0 Å². The van der Waals surface area contributed by atoms with Crippen LogP contribution in [0.5, 0.6) is 5.75 Å². The molecule has 3 nitrogen and oxygen atoms in total. The summed E-state index contributed by atoms with van der Waals surface area (Å²) >= 11 is 0. The average Bonchev–Trinajstić information content (AvgIpc) is 2.44. The third kappa shape index (κ3) is 3.54. The van der Waals surface area contributed by atoms with Gasteiger partial charge in [-0.25, -0.2) is 8.78 Å². The minimum absolute atomic E-state index is 0.178. The highest BCUT2D eigenvalue weighted by Gasteiger charge is 2.15. The van der Waals surface area contributed by atoms with Gasteiger partial charge in [0, 0.05) is 11.8 Å². The second-order valence-electron chi connectivity index (χ2n) is 4.19. The van der Waals surface area contributed by atoms with Gasteiger partial charge in [-0.15, -0.1) is 0 Å². The van der Waals surface area contributed by atoms with Gasteiger partial charge in [0.1, 0.15) is 5.75 Å². The molecule has 1 atom stereocenters. The number of carbonyl (C=O) groups excluding carboxylic acids is 1. The Morgan fingerprint density at radius 2 is 1.80 bits per heavy atom. The van der Waals surface area contributed by atoms with Gasteiger partial charge in [0.2, 0.25) is 0 Å². The number of rotatable bonds is 4. The Hall–Kier alpha value is -2.43. The molecule has 0 aliphatic heterocycles. The summed E-state index contributed by atoms with van der Waals surface area (Å²) in [5.41, 5.74) is 0.178. The number of carbonyl (C=O) groups is 1. The van der Waals surface area contributed by atoms with Crippen LogP contribution in [-0.4, -0.2) is 12.0 Å². The van der Waals surface area contributed by atoms with E-state index < -0.39 is 23.6 Å². The van der Waals surface area contributed by atoms with Gasteiger partial charge >= 0.3 is 0 Å². The van der Waals surface area contributed by atoms with Crippen molar-refractivity contribution in [3.8, 4) is 5.75 Å². The molecule has 0 saturated carbocycles. The Morgan fingerprint density at radius 3 is 2.45 bits per heavy atom. The lowest BCUT2D eigenvalue weighted by atomic mass is 10.2. The molecule has 1 amide bonds. The Kier molecular flexibility index (Phi) is 4.30. The molecule has 0 heterocycles. The number of halogens is 2. The molecule has 1 N–H and O–H groups in total. The van der Waals surface area contributed by atoms with Crippen LogP contribution in [0.4, 0.5) is 14.5 Å². The van der Waals surface area contributed by atoms with E-state index in [4.69, 9.17) is 4.74 Å². The van der Waals surface area contributed by atoms with E-state index in [0.717, 1.165) is 12.1 Å². The summed E-state index contributed by atoms with van der Waals surface area (Å²) in [6, 6.07) is 12.0. The normalized spacial score (nSPS) is 11.8. The van der Waals surface area contributed by atoms with Crippen molar-refractivity contribution in [1.82, 2.24) is 0 Å². The third-order valence-corrected chi connectivity index (χ3v) is 2.61. The molecular formula is C15H13F2NO2. The lowest BCUT2D eigenvalue weighted by molar-refractivity contribution is -0.122. The molecular weight excluding hydrogens is 264 g/mol. The molecule has 2 rings (SSSR count). The summed E-state index contributed by atoms with van der Waals surface area (Å²) in [5, 5.41) is 2.46. The number of hydrogen-bond donors (Lipinski definition) is 1. The Labute approximate surface area is 115 Å². The Morgan fingerprint density at radius 1 is 1.10 bits per heavy atom. The summed E-state index contributed by atoms with van der Waals surface area (Å²) in [6.07, 6.45) is -0.759. The van der Waals surface area contributed by atoms with E-state index in [1.165, 1.54) is 6.07 Å². The van der Waals surface area contributed by atoms with Crippen LogP contribution in [0, 0.1) is 11.6 Å². The van der Waals surface area contributed by atoms with E-state index in [1.807, 2.05) is 6.07 Å². The molecule has 20 heavy (non-hydrogen) atoms. The molecule has 0 aromatic heterocycles. The SMILES string of the molecule is C[C@@H](Oc1ccccc1)C(=O)Nc1ccc(F)c(F)c1. The minimum atomic E-state index is -1.01. The highest BCUT2D eigenvalue weighted by atomic mass is 19.2. The van der Waals surface area contributed by atoms with Crippen molar-refractivity contribution in [3.63, 3.8) is 0 Å². The second kappa shape index (κ2) is 6.14. The van der Waals surface area contributed by atoms with Crippen molar-refractivity contribution in [3.05, 3.63) is 60.2 Å². The van der Waals surface area contributed by atoms with Crippen LogP contribution in [0.15, 0.2) is 48.5 Å². The maximum absolute atomic E-state index is 13.0. The predicted octanol–water partition coefficient (Wildman–Crippen LogP) is 3.37. The fourth-order valence-corrected chi connectivity index (χ4v) is 1.57. The molecule has 104 valence electrons. The summed E-state index contributed by atoms with van der Waals surface area (Å²) in [6.45, 7) is 1.57. The molecule has 0 radical (unpaired) electrons. The maximum Gasteiger partial charge on any atom is 0.265 e. The lowest BCUT2D eigenvalue weighted by Gasteiger charge is -2.14. The topological polar surface area (TPSA) is 38.3 Å². The van der Waals surface area contributed by atoms with E-state index >= 15 is 0 Å². The van der Waals surface area contributed by atoms with Gasteiger partial charge in [0.05, 0.1) is 0 Å². The van der Waals surface area contributed by atoms with Crippen LogP contribution in [0.25, 0.3) is 0 Å². The first-order valence-electron chi connectivity index (χ1n) is 6.04. The number of ether oxygens (including phenoxy) is 1. The first-order chi connectivity index (χ1) is 9.56. The average molecular weight is 277 g/mol. The van der Waals surface area contributed by atoms with E-state index in [-0.39, 0.29) is 5.69 Å². The lowest BCUT2D eigenvalue weighted by Crippen LogP contribution is -2.30. The summed E-state index contributed by atoms with van der Waals surface area (Å²) in [4.78, 5) is 11.9. The number of para-hydroxylation sites is 1. The molecule has 0 spiro atoms. The van der Waals surface area contributed by atoms with Gasteiger partial charge in [0.25, 0.3) is 5.91 Å². The first kappa shape index (κ1) is 14.0. The number of amides is 1. The van der Waals surface area contributed by atoms with Gasteiger partial charge in [-0.3, -0.25) is 4.79 Å². The fraction of sp³-hybridized carbons (Fsp3) is 0.133. The third-order valence-electron chi connectivity index (χ3n) is 2.61. The quantitative estimate of drug-likeness (QED) is 0.930. The minimum Gasteiger partial charge on any atom is -0.481 e. The van der Waals surface area contributed by atoms with Crippen LogP contribution in [-0.2, 0) is 4.79 Å². The van der Waals surface area contributed by atoms with Crippen LogP contribution in [0.1, 0.15) is 6.92 Å². The van der Waals surface area contributed by atoms with Crippen molar-refractivity contribution >= 4 is 11.6 Å². The number of anilines is 1. The van der Waals surface area contributed by atoms with E-state index in [1.54, 1.807) is 31.2 Å². The van der Waals surface area contributed by atoms with Crippen molar-refractivity contribution in [2.24, 2.45) is 0 Å². The molecule has 0 aliphatic carbocycles. The molecule has 0 aliphatic rings. The van der Waals surface area contributed by atoms with Gasteiger partial charge < -0.3 is 10.1 Å². The van der Waals surface area contributed by atoms with Crippen LogP contribution < -0.4 is 10.1 Å². The summed E-state index contributed by atoms with van der Waals surface area (Å²) < 4.78 is 31.2. The van der Waals surface area contributed by atoms with E-state index in [0.29, 0.717) is 5.75 Å². The number of nitrogens with one attached hydrogen (secondary N) is 1. The van der Waals surface area contributed by atoms with Crippen LogP contribution in [0.2, 0.25) is 0 Å². The first-order valence-corrected chi connectivity index (χ1v) is 6.04. The largest absolute Gasteiger partial charge is 0.481 e. The smallest absolute Gasteiger partial charge is 0.265 e. The van der Waals surface area contributed by atoms with Gasteiger partial charge in [-0.1, -0.05) is 18.2 Å². The van der Waals surface area contributed by atoms with Gasteiger partial charge in [-0.2, -0.15) is 0 Å². The van der Waals surface area contributed by atoms with Crippen molar-refractivity contribution in [2.45, 2.75) is 13.0 Å². The predicted molar refractivity (Wildman–Crippen MR) is 71.5 cm³/mol. The zero-order valence-electron chi connectivity index (χ0n) is 10.8. The van der Waals surface area contributed by atoms with E-state index in [2.05, 4.69) is 5.32 Å².